The van der Waals surface area contributed by atoms with Gasteiger partial charge < -0.3 is 9.64 Å². The number of aromatic nitrogens is 3. The lowest BCUT2D eigenvalue weighted by Crippen LogP contribution is -2.42. The monoisotopic (exact) mass is 395 g/mol. The molecule has 3 aliphatic rings. The number of anilines is 1. The minimum atomic E-state index is -0.131. The largest absolute Gasteiger partial charge is 0.379 e. The zero-order valence-corrected chi connectivity index (χ0v) is 17.4. The summed E-state index contributed by atoms with van der Waals surface area (Å²) in [7, 11) is 0. The molecule has 7 heteroatoms. The van der Waals surface area contributed by atoms with Crippen molar-refractivity contribution in [1.82, 2.24) is 19.7 Å². The molecular formula is C22H29N5O2. The van der Waals surface area contributed by atoms with Gasteiger partial charge in [0.15, 0.2) is 5.82 Å². The molecular weight excluding hydrogens is 366 g/mol. The summed E-state index contributed by atoms with van der Waals surface area (Å²) in [4.78, 5) is 19.8. The Kier molecular flexibility index (Phi) is 4.21. The van der Waals surface area contributed by atoms with Crippen molar-refractivity contribution in [2.45, 2.75) is 51.5 Å². The standard InChI is InChI=1S/C22H29N5O2/c1-21(2,3)17-11-19(27(25-17)18-7-4-5-10-23-18)24-20(28)26-14-22(8-6-9-22)15-12-29-13-16(15)26/h4-5,7,10-11,15-16H,6,8-9,12-14H2,1-3H3,(H,24,28). The molecule has 3 fully saturated rings. The first kappa shape index (κ1) is 18.6. The van der Waals surface area contributed by atoms with Crippen molar-refractivity contribution < 1.29 is 9.53 Å². The van der Waals surface area contributed by atoms with Gasteiger partial charge >= 0.3 is 6.03 Å². The number of amides is 2. The molecule has 1 N–H and O–H groups in total. The summed E-state index contributed by atoms with van der Waals surface area (Å²) < 4.78 is 7.50. The second-order valence-electron chi connectivity index (χ2n) is 9.75. The minimum absolute atomic E-state index is 0.0631. The second kappa shape index (κ2) is 6.55. The van der Waals surface area contributed by atoms with Crippen molar-refractivity contribution in [3.05, 3.63) is 36.2 Å². The number of ether oxygens (including phenoxy) is 1. The highest BCUT2D eigenvalue weighted by Crippen LogP contribution is 2.55. The van der Waals surface area contributed by atoms with E-state index in [1.165, 1.54) is 19.3 Å². The van der Waals surface area contributed by atoms with Gasteiger partial charge in [0.1, 0.15) is 5.82 Å². The highest BCUT2D eigenvalue weighted by molar-refractivity contribution is 5.89. The molecule has 2 unspecified atom stereocenters. The number of nitrogens with zero attached hydrogens (tertiary/aromatic N) is 4. The fraction of sp³-hybridized carbons (Fsp3) is 0.591. The van der Waals surface area contributed by atoms with E-state index in [2.05, 4.69) is 31.1 Å². The predicted octanol–water partition coefficient (Wildman–Crippen LogP) is 3.60. The molecule has 1 aliphatic carbocycles. The number of likely N-dealkylation sites (tertiary alicyclic amines) is 1. The average Bonchev–Trinajstić information content (AvgIpc) is 3.35. The van der Waals surface area contributed by atoms with E-state index in [0.29, 0.717) is 24.2 Å². The highest BCUT2D eigenvalue weighted by atomic mass is 16.5. The Bertz CT molecular complexity index is 913. The Morgan fingerprint density at radius 2 is 2.10 bits per heavy atom. The van der Waals surface area contributed by atoms with Gasteiger partial charge in [-0.2, -0.15) is 9.78 Å². The van der Waals surface area contributed by atoms with Crippen LogP contribution in [0.2, 0.25) is 0 Å². The van der Waals surface area contributed by atoms with E-state index in [1.54, 1.807) is 10.9 Å². The first-order valence-corrected chi connectivity index (χ1v) is 10.5. The van der Waals surface area contributed by atoms with Crippen LogP contribution in [0.15, 0.2) is 30.5 Å². The van der Waals surface area contributed by atoms with E-state index in [0.717, 1.165) is 18.8 Å². The fourth-order valence-electron chi connectivity index (χ4n) is 5.06. The van der Waals surface area contributed by atoms with Crippen LogP contribution in [-0.4, -0.2) is 51.5 Å². The molecule has 2 aromatic heterocycles. The van der Waals surface area contributed by atoms with Crippen molar-refractivity contribution in [3.8, 4) is 5.82 Å². The summed E-state index contributed by atoms with van der Waals surface area (Å²) in [5, 5.41) is 7.88. The van der Waals surface area contributed by atoms with Crippen LogP contribution in [0.1, 0.15) is 45.7 Å². The molecule has 1 spiro atoms. The van der Waals surface area contributed by atoms with E-state index in [9.17, 15) is 4.79 Å². The van der Waals surface area contributed by atoms with E-state index < -0.39 is 0 Å². The molecule has 2 saturated heterocycles. The third kappa shape index (κ3) is 3.03. The maximum atomic E-state index is 13.3. The molecule has 2 aliphatic heterocycles. The summed E-state index contributed by atoms with van der Waals surface area (Å²) >= 11 is 0. The van der Waals surface area contributed by atoms with Crippen LogP contribution in [0, 0.1) is 11.3 Å². The number of rotatable bonds is 2. The number of urea groups is 1. The molecule has 0 radical (unpaired) electrons. The maximum absolute atomic E-state index is 13.3. The zero-order chi connectivity index (χ0) is 20.2. The van der Waals surface area contributed by atoms with Gasteiger partial charge in [-0.05, 0) is 30.4 Å². The van der Waals surface area contributed by atoms with Crippen LogP contribution in [-0.2, 0) is 10.2 Å². The first-order chi connectivity index (χ1) is 13.9. The van der Waals surface area contributed by atoms with Gasteiger partial charge in [0.25, 0.3) is 0 Å². The zero-order valence-electron chi connectivity index (χ0n) is 17.4. The molecule has 2 atom stereocenters. The van der Waals surface area contributed by atoms with Gasteiger partial charge in [-0.25, -0.2) is 9.78 Å². The fourth-order valence-corrected chi connectivity index (χ4v) is 5.06. The highest BCUT2D eigenvalue weighted by Gasteiger charge is 2.58. The summed E-state index contributed by atoms with van der Waals surface area (Å²) in [6.45, 7) is 8.61. The maximum Gasteiger partial charge on any atom is 0.323 e. The van der Waals surface area contributed by atoms with Crippen LogP contribution in [0.4, 0.5) is 10.6 Å². The van der Waals surface area contributed by atoms with Crippen LogP contribution in [0.3, 0.4) is 0 Å². The third-order valence-electron chi connectivity index (χ3n) is 6.91. The van der Waals surface area contributed by atoms with Crippen molar-refractivity contribution >= 4 is 11.8 Å². The Morgan fingerprint density at radius 1 is 1.28 bits per heavy atom. The Morgan fingerprint density at radius 3 is 2.76 bits per heavy atom. The number of fused-ring (bicyclic) bond motifs is 2. The molecule has 0 bridgehead atoms. The minimum Gasteiger partial charge on any atom is -0.379 e. The lowest BCUT2D eigenvalue weighted by molar-refractivity contribution is 0.0567. The quantitative estimate of drug-likeness (QED) is 0.843. The van der Waals surface area contributed by atoms with Gasteiger partial charge in [-0.3, -0.25) is 5.32 Å². The SMILES string of the molecule is CC(C)(C)c1cc(NC(=O)N2CC3(CCC3)C3COCC32)n(-c2ccccn2)n1. The smallest absolute Gasteiger partial charge is 0.323 e. The summed E-state index contributed by atoms with van der Waals surface area (Å²) in [5.41, 5.74) is 1.06. The van der Waals surface area contributed by atoms with Crippen molar-refractivity contribution in [2.24, 2.45) is 11.3 Å². The number of pyridine rings is 1. The van der Waals surface area contributed by atoms with E-state index in [4.69, 9.17) is 9.84 Å². The molecule has 29 heavy (non-hydrogen) atoms. The average molecular weight is 396 g/mol. The summed E-state index contributed by atoms with van der Waals surface area (Å²) in [6, 6.07) is 7.78. The molecule has 4 heterocycles. The molecule has 154 valence electrons. The van der Waals surface area contributed by atoms with Crippen LogP contribution in [0.25, 0.3) is 5.82 Å². The molecule has 2 amide bonds. The summed E-state index contributed by atoms with van der Waals surface area (Å²) in [5.74, 6) is 1.83. The Balaban J connectivity index is 1.44. The third-order valence-corrected chi connectivity index (χ3v) is 6.91. The molecule has 2 aromatic rings. The van der Waals surface area contributed by atoms with Gasteiger partial charge in [0.2, 0.25) is 0 Å². The van der Waals surface area contributed by atoms with Crippen molar-refractivity contribution in [1.29, 1.82) is 0 Å². The Hall–Kier alpha value is -2.41. The van der Waals surface area contributed by atoms with E-state index >= 15 is 0 Å². The van der Waals surface area contributed by atoms with Crippen molar-refractivity contribution in [3.63, 3.8) is 0 Å². The van der Waals surface area contributed by atoms with Crippen LogP contribution >= 0.6 is 0 Å². The lowest BCUT2D eigenvalue weighted by atomic mass is 9.62. The van der Waals surface area contributed by atoms with E-state index in [-0.39, 0.29) is 22.9 Å². The molecule has 0 aromatic carbocycles. The topological polar surface area (TPSA) is 72.3 Å². The van der Waals surface area contributed by atoms with Gasteiger partial charge in [-0.1, -0.05) is 33.3 Å². The van der Waals surface area contributed by atoms with Crippen LogP contribution < -0.4 is 5.32 Å². The van der Waals surface area contributed by atoms with Gasteiger partial charge in [-0.15, -0.1) is 0 Å². The van der Waals surface area contributed by atoms with Gasteiger partial charge in [0, 0.05) is 30.1 Å². The predicted molar refractivity (Wildman–Crippen MR) is 110 cm³/mol. The molecule has 5 rings (SSSR count). The first-order valence-electron chi connectivity index (χ1n) is 10.5. The van der Waals surface area contributed by atoms with Crippen molar-refractivity contribution in [2.75, 3.05) is 25.1 Å². The number of hydrogen-bond acceptors (Lipinski definition) is 4. The number of hydrogen-bond donors (Lipinski definition) is 1. The van der Waals surface area contributed by atoms with Crippen LogP contribution in [0.5, 0.6) is 0 Å². The number of carbonyl (C=O) groups is 1. The molecule has 7 nitrogen and oxygen atoms in total. The number of carbonyl (C=O) groups excluding carboxylic acids is 1. The molecule has 1 saturated carbocycles. The summed E-state index contributed by atoms with van der Waals surface area (Å²) in [6.07, 6.45) is 5.42. The Labute approximate surface area is 171 Å². The van der Waals surface area contributed by atoms with Gasteiger partial charge in [0.05, 0.1) is 24.9 Å². The second-order valence-corrected chi connectivity index (χ2v) is 9.75. The number of nitrogens with one attached hydrogen (secondary N) is 1. The lowest BCUT2D eigenvalue weighted by Gasteiger charge is -2.41. The normalized spacial score (nSPS) is 25.1. The van der Waals surface area contributed by atoms with E-state index in [1.807, 2.05) is 29.2 Å².